The summed E-state index contributed by atoms with van der Waals surface area (Å²) in [4.78, 5) is 0. The summed E-state index contributed by atoms with van der Waals surface area (Å²) < 4.78 is 6.46. The van der Waals surface area contributed by atoms with Gasteiger partial charge in [0.25, 0.3) is 0 Å². The average Bonchev–Trinajstić information content (AvgIpc) is 2.67. The summed E-state index contributed by atoms with van der Waals surface area (Å²) >= 11 is 1.43. The molecule has 0 amide bonds. The zero-order valence-corrected chi connectivity index (χ0v) is 10.3. The maximum Gasteiger partial charge on any atom is 0.209 e. The van der Waals surface area contributed by atoms with Crippen LogP contribution >= 0.6 is 11.8 Å². The van der Waals surface area contributed by atoms with Crippen molar-refractivity contribution in [1.29, 1.82) is 0 Å². The summed E-state index contributed by atoms with van der Waals surface area (Å²) in [5.74, 6) is 0.564. The maximum atomic E-state index is 9.64. The first-order chi connectivity index (χ1) is 7.74. The molecule has 1 rings (SSSR count). The zero-order valence-electron chi connectivity index (χ0n) is 9.46. The Kier molecular flexibility index (Phi) is 6.31. The van der Waals surface area contributed by atoms with Crippen LogP contribution in [0.1, 0.15) is 0 Å². The molecule has 1 unspecified atom stereocenters. The van der Waals surface area contributed by atoms with E-state index in [1.54, 1.807) is 18.8 Å². The van der Waals surface area contributed by atoms with Crippen LogP contribution in [0, 0.1) is 0 Å². The fraction of sp³-hybridized carbons (Fsp3) is 0.875. The average molecular weight is 247 g/mol. The molecule has 0 radical (unpaired) electrons. The molecule has 0 saturated carbocycles. The molecule has 0 aliphatic carbocycles. The van der Waals surface area contributed by atoms with E-state index in [4.69, 9.17) is 4.74 Å². The van der Waals surface area contributed by atoms with Gasteiger partial charge in [0.2, 0.25) is 5.16 Å². The Balaban J connectivity index is 2.10. The van der Waals surface area contributed by atoms with Gasteiger partial charge >= 0.3 is 0 Å². The zero-order chi connectivity index (χ0) is 11.8. The number of ether oxygens (including phenoxy) is 1. The van der Waals surface area contributed by atoms with Gasteiger partial charge in [0.15, 0.2) is 0 Å². The number of aliphatic hydroxyl groups excluding tert-OH is 1. The van der Waals surface area contributed by atoms with Gasteiger partial charge < -0.3 is 15.2 Å². The van der Waals surface area contributed by atoms with E-state index >= 15 is 0 Å². The number of methoxy groups -OCH3 is 1. The van der Waals surface area contributed by atoms with E-state index in [1.807, 2.05) is 0 Å². The Morgan fingerprint density at radius 1 is 1.62 bits per heavy atom. The van der Waals surface area contributed by atoms with Crippen molar-refractivity contribution in [3.63, 3.8) is 0 Å². The molecular weight excluding hydrogens is 230 g/mol. The summed E-state index contributed by atoms with van der Waals surface area (Å²) in [7, 11) is 3.42. The predicted octanol–water partition coefficient (Wildman–Crippen LogP) is -1.10. The number of tetrazole rings is 1. The lowest BCUT2D eigenvalue weighted by Crippen LogP contribution is -2.30. The van der Waals surface area contributed by atoms with Gasteiger partial charge in [0.05, 0.1) is 12.7 Å². The van der Waals surface area contributed by atoms with E-state index in [2.05, 4.69) is 20.8 Å². The highest BCUT2D eigenvalue weighted by Crippen LogP contribution is 2.12. The fourth-order valence-electron chi connectivity index (χ4n) is 1.02. The smallest absolute Gasteiger partial charge is 0.209 e. The number of hydrogen-bond donors (Lipinski definition) is 2. The largest absolute Gasteiger partial charge is 0.391 e. The van der Waals surface area contributed by atoms with Crippen LogP contribution in [0.15, 0.2) is 5.16 Å². The summed E-state index contributed by atoms with van der Waals surface area (Å²) in [5.41, 5.74) is 0. The third kappa shape index (κ3) is 4.88. The Bertz CT molecular complexity index is 296. The summed E-state index contributed by atoms with van der Waals surface area (Å²) in [6.07, 6.45) is -0.418. The maximum absolute atomic E-state index is 9.64. The van der Waals surface area contributed by atoms with E-state index in [-0.39, 0.29) is 0 Å². The molecule has 7 nitrogen and oxygen atoms in total. The number of rotatable bonds is 8. The lowest BCUT2D eigenvalue weighted by molar-refractivity contribution is 0.175. The second-order valence-electron chi connectivity index (χ2n) is 3.25. The Morgan fingerprint density at radius 3 is 3.06 bits per heavy atom. The topological polar surface area (TPSA) is 85.1 Å². The van der Waals surface area contributed by atoms with Gasteiger partial charge in [-0.3, -0.25) is 0 Å². The minimum absolute atomic E-state index is 0.418. The monoisotopic (exact) mass is 247 g/mol. The van der Waals surface area contributed by atoms with Crippen LogP contribution in [-0.4, -0.2) is 64.0 Å². The van der Waals surface area contributed by atoms with Gasteiger partial charge in [-0.15, -0.1) is 5.10 Å². The standard InChI is InChI=1S/C8H17N5O2S/c1-13-8(10-11-12-13)16-6-7(14)5-9-3-4-15-2/h7,9,14H,3-6H2,1-2H3. The third-order valence-electron chi connectivity index (χ3n) is 1.85. The first-order valence-electron chi connectivity index (χ1n) is 4.97. The number of hydrogen-bond acceptors (Lipinski definition) is 7. The van der Waals surface area contributed by atoms with Gasteiger partial charge in [-0.1, -0.05) is 11.8 Å². The fourth-order valence-corrected chi connectivity index (χ4v) is 1.79. The molecule has 0 spiro atoms. The molecule has 92 valence electrons. The highest BCUT2D eigenvalue weighted by Gasteiger charge is 2.08. The van der Waals surface area contributed by atoms with Crippen LogP contribution in [0.5, 0.6) is 0 Å². The van der Waals surface area contributed by atoms with Crippen molar-refractivity contribution in [2.45, 2.75) is 11.3 Å². The van der Waals surface area contributed by atoms with Crippen LogP contribution in [0.25, 0.3) is 0 Å². The van der Waals surface area contributed by atoms with Crippen molar-refractivity contribution in [2.24, 2.45) is 7.05 Å². The highest BCUT2D eigenvalue weighted by atomic mass is 32.2. The molecule has 16 heavy (non-hydrogen) atoms. The van der Waals surface area contributed by atoms with Gasteiger partial charge in [-0.2, -0.15) is 0 Å². The van der Waals surface area contributed by atoms with E-state index in [0.29, 0.717) is 24.1 Å². The van der Waals surface area contributed by atoms with Crippen LogP contribution in [0.2, 0.25) is 0 Å². The molecule has 8 heteroatoms. The second-order valence-corrected chi connectivity index (χ2v) is 4.23. The quantitative estimate of drug-likeness (QED) is 0.445. The predicted molar refractivity (Wildman–Crippen MR) is 60.3 cm³/mol. The highest BCUT2D eigenvalue weighted by molar-refractivity contribution is 7.99. The first-order valence-corrected chi connectivity index (χ1v) is 5.95. The molecule has 1 aromatic rings. The van der Waals surface area contributed by atoms with E-state index in [0.717, 1.165) is 6.54 Å². The second kappa shape index (κ2) is 7.55. The van der Waals surface area contributed by atoms with Crippen molar-refractivity contribution >= 4 is 11.8 Å². The lowest BCUT2D eigenvalue weighted by Gasteiger charge is -2.10. The third-order valence-corrected chi connectivity index (χ3v) is 3.00. The number of aryl methyl sites for hydroxylation is 1. The minimum atomic E-state index is -0.418. The number of thioether (sulfide) groups is 1. The van der Waals surface area contributed by atoms with Crippen molar-refractivity contribution in [3.8, 4) is 0 Å². The van der Waals surface area contributed by atoms with Gasteiger partial charge in [0.1, 0.15) is 0 Å². The molecule has 0 aliphatic heterocycles. The van der Waals surface area contributed by atoms with Crippen LogP contribution in [0.4, 0.5) is 0 Å². The summed E-state index contributed by atoms with van der Waals surface area (Å²) in [6, 6.07) is 0. The van der Waals surface area contributed by atoms with Crippen molar-refractivity contribution in [3.05, 3.63) is 0 Å². The first kappa shape index (κ1) is 13.4. The number of aromatic nitrogens is 4. The SMILES string of the molecule is COCCNCC(O)CSc1nnnn1C. The van der Waals surface area contributed by atoms with Gasteiger partial charge in [-0.25, -0.2) is 4.68 Å². The molecule has 1 aromatic heterocycles. The molecule has 1 heterocycles. The Morgan fingerprint density at radius 2 is 2.44 bits per heavy atom. The Hall–Kier alpha value is -0.700. The molecule has 0 aliphatic rings. The molecular formula is C8H17N5O2S. The van der Waals surface area contributed by atoms with Crippen LogP contribution in [0.3, 0.4) is 0 Å². The van der Waals surface area contributed by atoms with Crippen molar-refractivity contribution in [2.75, 3.05) is 32.6 Å². The molecule has 0 saturated heterocycles. The molecule has 0 bridgehead atoms. The normalized spacial score (nSPS) is 12.9. The Labute approximate surface area is 98.6 Å². The number of nitrogens with zero attached hydrogens (tertiary/aromatic N) is 4. The summed E-state index contributed by atoms with van der Waals surface area (Å²) in [6.45, 7) is 1.93. The lowest BCUT2D eigenvalue weighted by atomic mass is 10.4. The van der Waals surface area contributed by atoms with E-state index < -0.39 is 6.10 Å². The summed E-state index contributed by atoms with van der Waals surface area (Å²) in [5, 5.41) is 24.5. The van der Waals surface area contributed by atoms with E-state index in [9.17, 15) is 5.11 Å². The molecule has 0 aromatic carbocycles. The minimum Gasteiger partial charge on any atom is -0.391 e. The van der Waals surface area contributed by atoms with Crippen molar-refractivity contribution < 1.29 is 9.84 Å². The molecule has 2 N–H and O–H groups in total. The number of nitrogens with one attached hydrogen (secondary N) is 1. The van der Waals surface area contributed by atoms with Crippen LogP contribution in [-0.2, 0) is 11.8 Å². The number of aliphatic hydroxyl groups is 1. The van der Waals surface area contributed by atoms with Crippen molar-refractivity contribution in [1.82, 2.24) is 25.5 Å². The van der Waals surface area contributed by atoms with Gasteiger partial charge in [-0.05, 0) is 10.4 Å². The molecule has 0 fully saturated rings. The van der Waals surface area contributed by atoms with Crippen LogP contribution < -0.4 is 5.32 Å². The van der Waals surface area contributed by atoms with Gasteiger partial charge in [0, 0.05) is 33.0 Å². The van der Waals surface area contributed by atoms with E-state index in [1.165, 1.54) is 11.8 Å². The molecule has 1 atom stereocenters.